The highest BCUT2D eigenvalue weighted by molar-refractivity contribution is 7.91. The van der Waals surface area contributed by atoms with Crippen LogP contribution in [-0.2, 0) is 9.84 Å². The number of halogens is 1. The molecule has 1 aliphatic rings. The fraction of sp³-hybridized carbons (Fsp3) is 0.0645. The third-order valence-electron chi connectivity index (χ3n) is 7.05. The van der Waals surface area contributed by atoms with Crippen molar-refractivity contribution < 1.29 is 12.8 Å². The Morgan fingerprint density at radius 2 is 1.70 bits per heavy atom. The zero-order valence-corrected chi connectivity index (χ0v) is 23.3. The summed E-state index contributed by atoms with van der Waals surface area (Å²) in [7, 11) is -3.53. The third kappa shape index (κ3) is 5.19. The number of pyridine rings is 3. The van der Waals surface area contributed by atoms with Crippen LogP contribution in [0, 0.1) is 5.82 Å². The molecule has 4 aromatic heterocycles. The number of rotatable bonds is 7. The van der Waals surface area contributed by atoms with Crippen molar-refractivity contribution in [3.8, 4) is 22.3 Å². The van der Waals surface area contributed by atoms with Gasteiger partial charge in [-0.15, -0.1) is 0 Å². The van der Waals surface area contributed by atoms with Gasteiger partial charge in [0, 0.05) is 41.0 Å². The molecule has 5 heterocycles. The fourth-order valence-corrected chi connectivity index (χ4v) is 6.04. The van der Waals surface area contributed by atoms with Gasteiger partial charge in [-0.3, -0.25) is 15.0 Å². The van der Waals surface area contributed by atoms with Gasteiger partial charge in [-0.05, 0) is 53.6 Å². The summed E-state index contributed by atoms with van der Waals surface area (Å²) in [4.78, 5) is 25.7. The van der Waals surface area contributed by atoms with Gasteiger partial charge in [0.2, 0.25) is 0 Å². The number of hydrogen-bond donors (Lipinski definition) is 3. The molecule has 212 valence electrons. The van der Waals surface area contributed by atoms with Gasteiger partial charge in [-0.1, -0.05) is 24.3 Å². The summed E-state index contributed by atoms with van der Waals surface area (Å²) in [6.45, 7) is 0.372. The van der Waals surface area contributed by atoms with E-state index in [0.717, 1.165) is 28.6 Å². The van der Waals surface area contributed by atoms with E-state index >= 15 is 0 Å². The van der Waals surface area contributed by atoms with E-state index in [9.17, 15) is 12.8 Å². The highest BCUT2D eigenvalue weighted by Crippen LogP contribution is 2.32. The van der Waals surface area contributed by atoms with E-state index in [1.165, 1.54) is 6.07 Å². The normalized spacial score (nSPS) is 12.8. The van der Waals surface area contributed by atoms with E-state index in [0.29, 0.717) is 46.2 Å². The first-order valence-corrected chi connectivity index (χ1v) is 15.0. The molecule has 7 rings (SSSR count). The topological polar surface area (TPSA) is 138 Å². The number of aromatic nitrogens is 5. The van der Waals surface area contributed by atoms with Crippen LogP contribution in [-0.4, -0.2) is 51.6 Å². The molecular formula is C31H23FN8O2S. The summed E-state index contributed by atoms with van der Waals surface area (Å²) in [5.74, 6) is 0.261. The van der Waals surface area contributed by atoms with Gasteiger partial charge in [0.05, 0.1) is 22.8 Å². The molecule has 2 aromatic carbocycles. The Morgan fingerprint density at radius 1 is 0.860 bits per heavy atom. The third-order valence-corrected chi connectivity index (χ3v) is 8.57. The molecule has 10 nitrogen and oxygen atoms in total. The second-order valence-electron chi connectivity index (χ2n) is 9.84. The highest BCUT2D eigenvalue weighted by atomic mass is 32.2. The van der Waals surface area contributed by atoms with Crippen LogP contribution in [0.1, 0.15) is 11.4 Å². The molecular weight excluding hydrogens is 567 g/mol. The Morgan fingerprint density at radius 3 is 2.56 bits per heavy atom. The lowest BCUT2D eigenvalue weighted by Gasteiger charge is -2.18. The van der Waals surface area contributed by atoms with Crippen molar-refractivity contribution >= 4 is 38.1 Å². The summed E-state index contributed by atoms with van der Waals surface area (Å²) in [6, 6.07) is 19.3. The largest absolute Gasteiger partial charge is 0.366 e. The van der Waals surface area contributed by atoms with Crippen molar-refractivity contribution in [3.63, 3.8) is 0 Å². The van der Waals surface area contributed by atoms with Gasteiger partial charge < -0.3 is 15.6 Å². The number of H-pyrrole nitrogens is 1. The average Bonchev–Trinajstić information content (AvgIpc) is 3.48. The molecule has 0 saturated heterocycles. The molecule has 0 spiro atoms. The Hall–Kier alpha value is -5.49. The predicted molar refractivity (Wildman–Crippen MR) is 163 cm³/mol. The summed E-state index contributed by atoms with van der Waals surface area (Å²) < 4.78 is 39.4. The number of fused-ring (bicyclic) bond motifs is 2. The molecule has 0 bridgehead atoms. The first-order valence-electron chi connectivity index (χ1n) is 13.3. The van der Waals surface area contributed by atoms with E-state index in [1.54, 1.807) is 55.1 Å². The molecule has 0 unspecified atom stereocenters. The second kappa shape index (κ2) is 10.7. The quantitative estimate of drug-likeness (QED) is 0.228. The van der Waals surface area contributed by atoms with Gasteiger partial charge in [-0.25, -0.2) is 22.8 Å². The van der Waals surface area contributed by atoms with E-state index in [4.69, 9.17) is 9.98 Å². The SMILES string of the molecule is O=S(=O)(CNc1cc(-c2ccc3c(c2)C(c2nc4c(-c5cncc(F)c5)cncc4[nH]2)=NCN3)ccn1)c1ccccc1. The first-order chi connectivity index (χ1) is 20.9. The van der Waals surface area contributed by atoms with Gasteiger partial charge in [-0.2, -0.15) is 0 Å². The number of nitrogens with zero attached hydrogens (tertiary/aromatic N) is 5. The van der Waals surface area contributed by atoms with Crippen molar-refractivity contribution in [1.29, 1.82) is 0 Å². The number of hydrogen-bond acceptors (Lipinski definition) is 9. The van der Waals surface area contributed by atoms with Crippen LogP contribution in [0.5, 0.6) is 0 Å². The molecule has 0 aliphatic carbocycles. The van der Waals surface area contributed by atoms with Crippen LogP contribution in [0.2, 0.25) is 0 Å². The molecule has 0 radical (unpaired) electrons. The smallest absolute Gasteiger partial charge is 0.196 e. The van der Waals surface area contributed by atoms with Crippen molar-refractivity contribution in [2.75, 3.05) is 23.2 Å². The lowest BCUT2D eigenvalue weighted by atomic mass is 9.98. The summed E-state index contributed by atoms with van der Waals surface area (Å²) >= 11 is 0. The lowest BCUT2D eigenvalue weighted by molar-refractivity contribution is 0.597. The Labute approximate surface area is 245 Å². The van der Waals surface area contributed by atoms with Crippen LogP contribution in [0.3, 0.4) is 0 Å². The van der Waals surface area contributed by atoms with E-state index < -0.39 is 15.7 Å². The predicted octanol–water partition coefficient (Wildman–Crippen LogP) is 5.28. The van der Waals surface area contributed by atoms with E-state index in [-0.39, 0.29) is 10.8 Å². The van der Waals surface area contributed by atoms with Crippen LogP contribution in [0.15, 0.2) is 108 Å². The van der Waals surface area contributed by atoms with Gasteiger partial charge in [0.15, 0.2) is 15.7 Å². The number of nitrogens with one attached hydrogen (secondary N) is 3. The summed E-state index contributed by atoms with van der Waals surface area (Å²) in [5.41, 5.74) is 6.67. The maximum atomic E-state index is 13.9. The molecule has 0 atom stereocenters. The zero-order valence-electron chi connectivity index (χ0n) is 22.5. The second-order valence-corrected chi connectivity index (χ2v) is 11.8. The maximum Gasteiger partial charge on any atom is 0.196 e. The minimum absolute atomic E-state index is 0.244. The van der Waals surface area contributed by atoms with E-state index in [2.05, 4.69) is 30.6 Å². The standard InChI is InChI=1S/C31H23FN8O2S/c32-22-10-21(13-33-14-22)25-15-34-16-27-29(25)40-31(39-27)30-24-11-19(6-7-26(24)36-17-37-30)20-8-9-35-28(12-20)38-18-43(41,42)23-4-2-1-3-5-23/h1-16,36H,17-18H2,(H,35,38)(H,39,40). The number of imidazole rings is 1. The van der Waals surface area contributed by atoms with Gasteiger partial charge in [0.25, 0.3) is 0 Å². The molecule has 0 amide bonds. The average molecular weight is 591 g/mol. The number of benzene rings is 2. The van der Waals surface area contributed by atoms with Crippen LogP contribution in [0.4, 0.5) is 15.9 Å². The van der Waals surface area contributed by atoms with Crippen LogP contribution in [0.25, 0.3) is 33.3 Å². The molecule has 0 fully saturated rings. The summed E-state index contributed by atoms with van der Waals surface area (Å²) in [6.07, 6.45) is 7.67. The molecule has 43 heavy (non-hydrogen) atoms. The fourth-order valence-electron chi connectivity index (χ4n) is 4.97. The number of aromatic amines is 1. The van der Waals surface area contributed by atoms with Gasteiger partial charge >= 0.3 is 0 Å². The molecule has 3 N–H and O–H groups in total. The van der Waals surface area contributed by atoms with Gasteiger partial charge in [0.1, 0.15) is 35.4 Å². The number of anilines is 2. The van der Waals surface area contributed by atoms with E-state index in [1.807, 2.05) is 30.3 Å². The Kier molecular flexibility index (Phi) is 6.59. The molecule has 12 heteroatoms. The lowest BCUT2D eigenvalue weighted by Crippen LogP contribution is -2.17. The summed E-state index contributed by atoms with van der Waals surface area (Å²) in [5, 5.41) is 6.24. The van der Waals surface area contributed by atoms with Crippen LogP contribution >= 0.6 is 0 Å². The first kappa shape index (κ1) is 26.4. The highest BCUT2D eigenvalue weighted by Gasteiger charge is 2.21. The zero-order chi connectivity index (χ0) is 29.4. The van der Waals surface area contributed by atoms with Crippen molar-refractivity contribution in [2.24, 2.45) is 4.99 Å². The van der Waals surface area contributed by atoms with Crippen molar-refractivity contribution in [2.45, 2.75) is 4.90 Å². The number of sulfone groups is 1. The monoisotopic (exact) mass is 590 g/mol. The Balaban J connectivity index is 1.20. The van der Waals surface area contributed by atoms with Crippen molar-refractivity contribution in [3.05, 3.63) is 115 Å². The number of aliphatic imine (C=N–C) groups is 1. The minimum atomic E-state index is -3.53. The van der Waals surface area contributed by atoms with Crippen molar-refractivity contribution in [1.82, 2.24) is 24.9 Å². The minimum Gasteiger partial charge on any atom is -0.366 e. The Bertz CT molecular complexity index is 2130. The molecule has 1 aliphatic heterocycles. The molecule has 0 saturated carbocycles. The van der Waals surface area contributed by atoms with Crippen LogP contribution < -0.4 is 10.6 Å². The molecule has 6 aromatic rings. The maximum absolute atomic E-state index is 13.9.